The molecule has 0 aromatic heterocycles. The Morgan fingerprint density at radius 3 is 1.59 bits per heavy atom. The molecular weight excluding hydrogens is 889 g/mol. The van der Waals surface area contributed by atoms with Crippen molar-refractivity contribution in [3.05, 3.63) is 245 Å². The third-order valence-electron chi connectivity index (χ3n) is 15.1. The van der Waals surface area contributed by atoms with Crippen LogP contribution in [-0.4, -0.2) is 0 Å². The second-order valence-electron chi connectivity index (χ2n) is 19.3. The Kier molecular flexibility index (Phi) is 13.9. The summed E-state index contributed by atoms with van der Waals surface area (Å²) in [5.74, 6) is 7.06. The van der Waals surface area contributed by atoms with Crippen LogP contribution in [0.15, 0.2) is 218 Å². The van der Waals surface area contributed by atoms with E-state index in [0.29, 0.717) is 0 Å². The van der Waals surface area contributed by atoms with Gasteiger partial charge in [0.25, 0.3) is 0 Å². The molecule has 0 heterocycles. The van der Waals surface area contributed by atoms with Gasteiger partial charge in [-0.1, -0.05) is 248 Å². The van der Waals surface area contributed by atoms with E-state index in [1.807, 2.05) is 46.8 Å². The number of fused-ring (bicyclic) bond motifs is 7. The third-order valence-corrected chi connectivity index (χ3v) is 15.1. The van der Waals surface area contributed by atoms with E-state index in [-0.39, 0.29) is 5.41 Å². The van der Waals surface area contributed by atoms with Gasteiger partial charge in [0.15, 0.2) is 0 Å². The molecule has 74 heavy (non-hydrogen) atoms. The van der Waals surface area contributed by atoms with Crippen LogP contribution in [0.3, 0.4) is 0 Å². The number of allylic oxidation sites excluding steroid dienone is 6. The monoisotopic (exact) mass is 953 g/mol. The predicted octanol–water partition coefficient (Wildman–Crippen LogP) is 21.2. The average molecular weight is 953 g/mol. The quantitative estimate of drug-likeness (QED) is 0.0848. The first-order valence-corrected chi connectivity index (χ1v) is 26.6. The Morgan fingerprint density at radius 1 is 0.486 bits per heavy atom. The second-order valence-corrected chi connectivity index (χ2v) is 19.3. The molecule has 0 radical (unpaired) electrons. The highest BCUT2D eigenvalue weighted by atomic mass is 14.4. The molecule has 0 fully saturated rings. The van der Waals surface area contributed by atoms with Crippen LogP contribution in [0.1, 0.15) is 96.6 Å². The molecule has 0 saturated heterocycles. The molecule has 0 aliphatic heterocycles. The summed E-state index contributed by atoms with van der Waals surface area (Å²) in [5, 5.41) is 9.87. The van der Waals surface area contributed by atoms with E-state index < -0.39 is 0 Å². The van der Waals surface area contributed by atoms with E-state index >= 15 is 0 Å². The highest BCUT2D eigenvalue weighted by molar-refractivity contribution is 6.23. The van der Waals surface area contributed by atoms with Crippen LogP contribution < -0.4 is 0 Å². The van der Waals surface area contributed by atoms with Crippen LogP contribution in [0, 0.1) is 11.8 Å². The predicted molar refractivity (Wildman–Crippen MR) is 325 cm³/mol. The maximum absolute atomic E-state index is 3.70. The summed E-state index contributed by atoms with van der Waals surface area (Å²) in [6.45, 7) is 19.2. The Labute approximate surface area is 439 Å². The zero-order valence-electron chi connectivity index (χ0n) is 44.4. The molecule has 0 unspecified atom stereocenters. The van der Waals surface area contributed by atoms with Gasteiger partial charge in [-0.15, -0.1) is 11.7 Å². The number of rotatable bonds is 7. The van der Waals surface area contributed by atoms with E-state index in [1.54, 1.807) is 0 Å². The highest BCUT2D eigenvalue weighted by Gasteiger charge is 2.35. The summed E-state index contributed by atoms with van der Waals surface area (Å²) >= 11 is 0. The van der Waals surface area contributed by atoms with Crippen LogP contribution in [-0.2, 0) is 5.41 Å². The highest BCUT2D eigenvalue weighted by Crippen LogP contribution is 2.52. The van der Waals surface area contributed by atoms with Gasteiger partial charge in [0.1, 0.15) is 0 Å². The Balaban J connectivity index is 0.00000153. The molecule has 10 aromatic rings. The van der Waals surface area contributed by atoms with Gasteiger partial charge in [0.2, 0.25) is 0 Å². The van der Waals surface area contributed by atoms with Gasteiger partial charge < -0.3 is 0 Å². The lowest BCUT2D eigenvalue weighted by molar-refractivity contribution is 0.660. The molecule has 360 valence electrons. The normalized spacial score (nSPS) is 13.0. The van der Waals surface area contributed by atoms with E-state index in [0.717, 1.165) is 12.0 Å². The third kappa shape index (κ3) is 8.35. The topological polar surface area (TPSA) is 0 Å². The summed E-state index contributed by atoms with van der Waals surface area (Å²) in [6, 6.07) is 65.8. The number of hydrogen-bond donors (Lipinski definition) is 0. The molecule has 0 nitrogen and oxygen atoms in total. The van der Waals surface area contributed by atoms with E-state index in [1.165, 1.54) is 132 Å². The van der Waals surface area contributed by atoms with Gasteiger partial charge in [-0.3, -0.25) is 0 Å². The molecule has 0 N–H and O–H groups in total. The van der Waals surface area contributed by atoms with E-state index in [9.17, 15) is 0 Å². The SMILES string of the molecule is CC.CC.CC#Cc1c(C=C(C)CC)c(-c2ccc(-c3ccc(-c4c5ccccc5c(C5=CC=C=CC=C5)c5ccccc45)c4ccccc34)cc2)c2ccccc2c1-c1ccc2c(c1)C(C)(C)c1ccccc1-2. The fourth-order valence-electron chi connectivity index (χ4n) is 11.6. The van der Waals surface area contributed by atoms with Crippen molar-refractivity contribution >= 4 is 54.7 Å². The molecule has 12 rings (SSSR count). The summed E-state index contributed by atoms with van der Waals surface area (Å²) in [5.41, 5.74) is 24.2. The first-order chi connectivity index (χ1) is 36.4. The number of benzene rings is 10. The maximum atomic E-state index is 3.70. The molecule has 10 aromatic carbocycles. The van der Waals surface area contributed by atoms with E-state index in [2.05, 4.69) is 245 Å². The van der Waals surface area contributed by atoms with Crippen LogP contribution in [0.2, 0.25) is 0 Å². The van der Waals surface area contributed by atoms with Gasteiger partial charge in [-0.25, -0.2) is 0 Å². The van der Waals surface area contributed by atoms with Gasteiger partial charge in [-0.05, 0) is 166 Å². The molecule has 0 amide bonds. The lowest BCUT2D eigenvalue weighted by Gasteiger charge is -2.23. The molecular formula is C74H64. The van der Waals surface area contributed by atoms with Gasteiger partial charge in [0, 0.05) is 16.5 Å². The standard InChI is InChI=1S/C70H52.2C2H6/c1-6-22-55-63(43-45(3)7-2)67(56-28-14-15-29-57(56)68(55)49-39-40-54-53-27-20-21-34-64(53)70(4,5)65(54)44-49)48-37-35-46(36-38-48)50-41-42-62(52-26-13-12-25-51(50)52)69-60-32-18-16-30-58(60)66(47-23-10-8-9-11-24-47)59-31-17-19-33-61(59)69;2*1-2/h8,10-21,23-44H,7H2,1-5H3;2*1-2H3. The van der Waals surface area contributed by atoms with Crippen LogP contribution >= 0.6 is 0 Å². The Bertz CT molecular complexity index is 3990. The van der Waals surface area contributed by atoms with Gasteiger partial charge in [-0.2, -0.15) is 0 Å². The maximum Gasteiger partial charge on any atom is 0.0408 e. The molecule has 0 heteroatoms. The fourth-order valence-corrected chi connectivity index (χ4v) is 11.6. The second kappa shape index (κ2) is 20.9. The summed E-state index contributed by atoms with van der Waals surface area (Å²) in [7, 11) is 0. The van der Waals surface area contributed by atoms with Gasteiger partial charge >= 0.3 is 0 Å². The summed E-state index contributed by atoms with van der Waals surface area (Å²) in [6.07, 6.45) is 13.8. The number of hydrogen-bond acceptors (Lipinski definition) is 0. The summed E-state index contributed by atoms with van der Waals surface area (Å²) in [4.78, 5) is 0. The molecule has 0 atom stereocenters. The molecule has 2 aliphatic rings. The minimum atomic E-state index is -0.113. The minimum Gasteiger partial charge on any atom is -0.121 e. The largest absolute Gasteiger partial charge is 0.121 e. The molecule has 0 saturated carbocycles. The zero-order chi connectivity index (χ0) is 51.5. The van der Waals surface area contributed by atoms with Crippen molar-refractivity contribution in [3.63, 3.8) is 0 Å². The van der Waals surface area contributed by atoms with Crippen LogP contribution in [0.4, 0.5) is 0 Å². The average Bonchev–Trinajstić information content (AvgIpc) is 3.60. The van der Waals surface area contributed by atoms with Crippen molar-refractivity contribution in [1.29, 1.82) is 0 Å². The van der Waals surface area contributed by atoms with Crippen LogP contribution in [0.25, 0.3) is 110 Å². The van der Waals surface area contributed by atoms with Crippen molar-refractivity contribution in [2.24, 2.45) is 0 Å². The Morgan fingerprint density at radius 2 is 0.973 bits per heavy atom. The van der Waals surface area contributed by atoms with Crippen molar-refractivity contribution in [1.82, 2.24) is 0 Å². The Hall–Kier alpha value is -8.46. The molecule has 0 bridgehead atoms. The van der Waals surface area contributed by atoms with Crippen molar-refractivity contribution < 1.29 is 0 Å². The first-order valence-electron chi connectivity index (χ1n) is 26.6. The van der Waals surface area contributed by atoms with E-state index in [4.69, 9.17) is 0 Å². The van der Waals surface area contributed by atoms with Crippen molar-refractivity contribution in [3.8, 4) is 67.5 Å². The lowest BCUT2D eigenvalue weighted by Crippen LogP contribution is -2.15. The smallest absolute Gasteiger partial charge is 0.0408 e. The fraction of sp³-hybridized carbons (Fsp3) is 0.149. The van der Waals surface area contributed by atoms with Gasteiger partial charge in [0.05, 0.1) is 0 Å². The zero-order valence-corrected chi connectivity index (χ0v) is 44.4. The lowest BCUT2D eigenvalue weighted by atomic mass is 9.79. The van der Waals surface area contributed by atoms with Crippen molar-refractivity contribution in [2.45, 2.75) is 74.1 Å². The minimum absolute atomic E-state index is 0.113. The summed E-state index contributed by atoms with van der Waals surface area (Å²) < 4.78 is 0. The van der Waals surface area contributed by atoms with Crippen molar-refractivity contribution in [2.75, 3.05) is 0 Å². The van der Waals surface area contributed by atoms with Crippen LogP contribution in [0.5, 0.6) is 0 Å². The molecule has 2 aliphatic carbocycles. The molecule has 0 spiro atoms. The first kappa shape index (κ1) is 49.1.